The highest BCUT2D eigenvalue weighted by atomic mass is 35.5. The van der Waals surface area contributed by atoms with Crippen LogP contribution in [0.2, 0.25) is 0 Å². The predicted molar refractivity (Wildman–Crippen MR) is 104 cm³/mol. The van der Waals surface area contributed by atoms with Crippen LogP contribution in [0.3, 0.4) is 0 Å². The van der Waals surface area contributed by atoms with Crippen molar-refractivity contribution in [1.29, 1.82) is 0 Å². The average Bonchev–Trinajstić information content (AvgIpc) is 3.12. The van der Waals surface area contributed by atoms with Crippen LogP contribution in [0.25, 0.3) is 0 Å². The molecule has 4 rings (SSSR count). The van der Waals surface area contributed by atoms with Gasteiger partial charge in [0.05, 0.1) is 17.9 Å². The number of amides is 1. The molecule has 0 saturated carbocycles. The summed E-state index contributed by atoms with van der Waals surface area (Å²) in [5, 5.41) is 22.7. The Balaban J connectivity index is 0.00000225. The van der Waals surface area contributed by atoms with E-state index < -0.39 is 4.92 Å². The largest absolute Gasteiger partial charge is 0.342 e. The lowest BCUT2D eigenvalue weighted by Crippen LogP contribution is -2.39. The fourth-order valence-electron chi connectivity index (χ4n) is 3.83. The number of carbonyl (C=O) groups excluding carboxylic acids is 1. The number of non-ortho nitro benzene ring substituents is 1. The molecule has 1 aromatic carbocycles. The molecule has 2 aliphatic heterocycles. The maximum atomic E-state index is 12.6. The van der Waals surface area contributed by atoms with Crippen LogP contribution in [0.4, 0.5) is 5.69 Å². The lowest BCUT2D eigenvalue weighted by atomic mass is 9.95. The molecule has 10 heteroatoms. The van der Waals surface area contributed by atoms with Crippen molar-refractivity contribution in [1.82, 2.24) is 25.0 Å². The van der Waals surface area contributed by atoms with Crippen LogP contribution in [0, 0.1) is 10.1 Å². The Labute approximate surface area is 168 Å². The highest BCUT2D eigenvalue weighted by Crippen LogP contribution is 2.28. The monoisotopic (exact) mass is 406 g/mol. The first-order chi connectivity index (χ1) is 13.1. The van der Waals surface area contributed by atoms with Crippen LogP contribution >= 0.6 is 12.4 Å². The Kier molecular flexibility index (Phi) is 6.25. The molecule has 1 amide bonds. The molecule has 3 heterocycles. The smallest absolute Gasteiger partial charge is 0.269 e. The Morgan fingerprint density at radius 3 is 2.57 bits per heavy atom. The first kappa shape index (κ1) is 20.2. The quantitative estimate of drug-likeness (QED) is 0.611. The van der Waals surface area contributed by atoms with Gasteiger partial charge in [0.25, 0.3) is 5.69 Å². The predicted octanol–water partition coefficient (Wildman–Crippen LogP) is 1.66. The summed E-state index contributed by atoms with van der Waals surface area (Å²) in [5.41, 5.74) is 0.839. The average molecular weight is 407 g/mol. The van der Waals surface area contributed by atoms with Crippen molar-refractivity contribution in [2.75, 3.05) is 19.6 Å². The second kappa shape index (κ2) is 8.66. The van der Waals surface area contributed by atoms with E-state index in [9.17, 15) is 14.9 Å². The molecule has 0 unspecified atom stereocenters. The number of halogens is 1. The topological polar surface area (TPSA) is 106 Å². The van der Waals surface area contributed by atoms with Crippen LogP contribution in [0.1, 0.15) is 36.0 Å². The number of fused-ring (bicyclic) bond motifs is 1. The molecule has 0 bridgehead atoms. The summed E-state index contributed by atoms with van der Waals surface area (Å²) in [6.07, 6.45) is 2.05. The lowest BCUT2D eigenvalue weighted by molar-refractivity contribution is -0.384. The maximum absolute atomic E-state index is 12.6. The number of nitro benzene ring substituents is 1. The minimum Gasteiger partial charge on any atom is -0.342 e. The number of carbonyl (C=O) groups is 1. The van der Waals surface area contributed by atoms with Gasteiger partial charge in [0.15, 0.2) is 0 Å². The molecule has 1 N–H and O–H groups in total. The number of likely N-dealkylation sites (tertiary alicyclic amines) is 1. The van der Waals surface area contributed by atoms with Crippen molar-refractivity contribution in [3.05, 3.63) is 51.6 Å². The summed E-state index contributed by atoms with van der Waals surface area (Å²) in [5.74, 6) is 2.45. The van der Waals surface area contributed by atoms with Gasteiger partial charge >= 0.3 is 0 Å². The van der Waals surface area contributed by atoms with Gasteiger partial charge in [-0.15, -0.1) is 22.6 Å². The van der Waals surface area contributed by atoms with Crippen molar-refractivity contribution in [2.45, 2.75) is 38.3 Å². The van der Waals surface area contributed by atoms with Gasteiger partial charge in [0, 0.05) is 44.2 Å². The van der Waals surface area contributed by atoms with Crippen molar-refractivity contribution < 1.29 is 9.72 Å². The number of benzene rings is 1. The van der Waals surface area contributed by atoms with Crippen LogP contribution in [0.15, 0.2) is 24.3 Å². The van der Waals surface area contributed by atoms with Crippen LogP contribution in [-0.4, -0.2) is 50.1 Å². The third-order valence-corrected chi connectivity index (χ3v) is 5.37. The minimum absolute atomic E-state index is 0. The molecule has 0 spiro atoms. The SMILES string of the molecule is Cl.O=C(Cc1ccc([N+](=O)[O-])cc1)N1CCC(c2nnc3n2CCNC3)CC1. The van der Waals surface area contributed by atoms with Gasteiger partial charge in [-0.25, -0.2) is 0 Å². The van der Waals surface area contributed by atoms with Gasteiger partial charge in [-0.3, -0.25) is 14.9 Å². The van der Waals surface area contributed by atoms with E-state index in [0.29, 0.717) is 19.0 Å². The number of nitrogens with one attached hydrogen (secondary N) is 1. The molecule has 2 aliphatic rings. The Morgan fingerprint density at radius 1 is 1.18 bits per heavy atom. The lowest BCUT2D eigenvalue weighted by Gasteiger charge is -2.32. The summed E-state index contributed by atoms with van der Waals surface area (Å²) >= 11 is 0. The van der Waals surface area contributed by atoms with E-state index in [0.717, 1.165) is 49.7 Å². The molecule has 1 fully saturated rings. The second-order valence-corrected chi connectivity index (χ2v) is 7.06. The highest BCUT2D eigenvalue weighted by molar-refractivity contribution is 5.85. The number of hydrogen-bond donors (Lipinski definition) is 1. The molecule has 0 atom stereocenters. The van der Waals surface area contributed by atoms with E-state index in [1.165, 1.54) is 12.1 Å². The van der Waals surface area contributed by atoms with E-state index in [2.05, 4.69) is 20.1 Å². The van der Waals surface area contributed by atoms with E-state index in [4.69, 9.17) is 0 Å². The summed E-state index contributed by atoms with van der Waals surface area (Å²) in [6.45, 7) is 4.01. The number of aromatic nitrogens is 3. The van der Waals surface area contributed by atoms with Gasteiger partial charge in [-0.1, -0.05) is 12.1 Å². The molecule has 150 valence electrons. The van der Waals surface area contributed by atoms with Gasteiger partial charge in [0.2, 0.25) is 5.91 Å². The van der Waals surface area contributed by atoms with Crippen LogP contribution in [-0.2, 0) is 24.3 Å². The number of hydrogen-bond acceptors (Lipinski definition) is 6. The molecular formula is C18H23ClN6O3. The van der Waals surface area contributed by atoms with E-state index in [-0.39, 0.29) is 30.4 Å². The van der Waals surface area contributed by atoms with E-state index in [1.807, 2.05) is 4.90 Å². The first-order valence-corrected chi connectivity index (χ1v) is 9.25. The molecule has 2 aromatic rings. The van der Waals surface area contributed by atoms with Crippen molar-refractivity contribution in [2.24, 2.45) is 0 Å². The Hall–Kier alpha value is -2.52. The molecule has 0 aliphatic carbocycles. The normalized spacial score (nSPS) is 16.9. The molecule has 9 nitrogen and oxygen atoms in total. The number of nitro groups is 1. The first-order valence-electron chi connectivity index (χ1n) is 9.25. The maximum Gasteiger partial charge on any atom is 0.269 e. The summed E-state index contributed by atoms with van der Waals surface area (Å²) in [7, 11) is 0. The van der Waals surface area contributed by atoms with Gasteiger partial charge < -0.3 is 14.8 Å². The molecule has 1 aromatic heterocycles. The minimum atomic E-state index is -0.435. The van der Waals surface area contributed by atoms with Crippen molar-refractivity contribution in [3.63, 3.8) is 0 Å². The Bertz CT molecular complexity index is 846. The highest BCUT2D eigenvalue weighted by Gasteiger charge is 2.28. The number of piperidine rings is 1. The van der Waals surface area contributed by atoms with E-state index in [1.54, 1.807) is 12.1 Å². The van der Waals surface area contributed by atoms with Crippen LogP contribution in [0.5, 0.6) is 0 Å². The fourth-order valence-corrected chi connectivity index (χ4v) is 3.83. The van der Waals surface area contributed by atoms with Gasteiger partial charge in [-0.2, -0.15) is 0 Å². The van der Waals surface area contributed by atoms with E-state index >= 15 is 0 Å². The third-order valence-electron chi connectivity index (χ3n) is 5.37. The molecule has 0 radical (unpaired) electrons. The Morgan fingerprint density at radius 2 is 1.89 bits per heavy atom. The fraction of sp³-hybridized carbons (Fsp3) is 0.500. The second-order valence-electron chi connectivity index (χ2n) is 7.06. The molecular weight excluding hydrogens is 384 g/mol. The zero-order valence-electron chi connectivity index (χ0n) is 15.4. The van der Waals surface area contributed by atoms with Crippen molar-refractivity contribution >= 4 is 24.0 Å². The third kappa shape index (κ3) is 4.15. The summed E-state index contributed by atoms with van der Waals surface area (Å²) < 4.78 is 2.22. The molecule has 28 heavy (non-hydrogen) atoms. The number of nitrogens with zero attached hydrogens (tertiary/aromatic N) is 5. The summed E-state index contributed by atoms with van der Waals surface area (Å²) in [4.78, 5) is 24.7. The molecule has 1 saturated heterocycles. The van der Waals surface area contributed by atoms with Crippen LogP contribution < -0.4 is 5.32 Å². The standard InChI is InChI=1S/C18H22N6O3.ClH/c25-17(11-13-1-3-15(4-2-13)24(26)27)22-8-5-14(6-9-22)18-21-20-16-12-19-7-10-23(16)18;/h1-4,14,19H,5-12H2;1H. The van der Waals surface area contributed by atoms with Gasteiger partial charge in [-0.05, 0) is 18.4 Å². The zero-order chi connectivity index (χ0) is 18.8. The summed E-state index contributed by atoms with van der Waals surface area (Å²) in [6, 6.07) is 6.19. The zero-order valence-corrected chi connectivity index (χ0v) is 16.2. The van der Waals surface area contributed by atoms with Gasteiger partial charge in [0.1, 0.15) is 11.6 Å². The number of rotatable bonds is 4. The van der Waals surface area contributed by atoms with Crippen molar-refractivity contribution in [3.8, 4) is 0 Å².